The fraction of sp³-hybridized carbons (Fsp3) is 0.764. The topological polar surface area (TPSA) is 593 Å². The molecule has 0 spiro atoms. The van der Waals surface area contributed by atoms with Crippen molar-refractivity contribution in [3.8, 4) is 0 Å². The van der Waals surface area contributed by atoms with E-state index in [1.54, 1.807) is 13.8 Å². The Morgan fingerprint density at radius 1 is 0.275 bits per heavy atom. The van der Waals surface area contributed by atoms with Crippen LogP contribution in [0.25, 0.3) is 0 Å². The molecule has 3 fully saturated rings. The number of nitrogens with one attached hydrogen (secondary N) is 17. The van der Waals surface area contributed by atoms with Crippen molar-refractivity contribution in [1.82, 2.24) is 105 Å². The van der Waals surface area contributed by atoms with E-state index >= 15 is 0 Å². The molecule has 42 heteroatoms. The summed E-state index contributed by atoms with van der Waals surface area (Å²) in [6.45, 7) is 36.9. The predicted molar refractivity (Wildman–Crippen MR) is 484 cm³/mol. The highest BCUT2D eigenvalue weighted by Crippen LogP contribution is 2.28. The molecule has 0 radical (unpaired) electrons. The maximum atomic E-state index is 14.4. The van der Waals surface area contributed by atoms with Gasteiger partial charge in [0.1, 0.15) is 97.2 Å². The van der Waals surface area contributed by atoms with Crippen molar-refractivity contribution in [3.05, 3.63) is 0 Å². The molecule has 740 valence electrons. The van der Waals surface area contributed by atoms with Crippen molar-refractivity contribution in [2.75, 3.05) is 39.3 Å². The number of carbonyl (C=O) groups is 21. The molecule has 0 bridgehead atoms. The number of amides is 20. The number of hydrogen-bond acceptors (Lipinski definition) is 21. The Morgan fingerprint density at radius 3 is 0.939 bits per heavy atom. The van der Waals surface area contributed by atoms with Gasteiger partial charge in [-0.1, -0.05) is 58.3 Å². The fourth-order valence-electron chi connectivity index (χ4n) is 14.4. The Morgan fingerprint density at radius 2 is 0.550 bits per heavy atom. The second-order valence-electron chi connectivity index (χ2n) is 40.4. The first kappa shape index (κ1) is 114. The van der Waals surface area contributed by atoms with E-state index in [1.807, 2.05) is 0 Å². The van der Waals surface area contributed by atoms with Crippen molar-refractivity contribution < 1.29 is 106 Å². The number of carboxylic acids is 1. The molecule has 0 aromatic heterocycles. The average molecular weight is 1850 g/mol. The number of likely N-dealkylation sites (tertiary alicyclic amines) is 3. The normalized spacial score (nSPS) is 16.5. The van der Waals surface area contributed by atoms with Gasteiger partial charge in [-0.3, -0.25) is 101 Å². The Balaban J connectivity index is 1.47. The highest BCUT2D eigenvalue weighted by Gasteiger charge is 2.51. The van der Waals surface area contributed by atoms with Crippen molar-refractivity contribution in [2.24, 2.45) is 0 Å². The smallest absolute Gasteiger partial charge is 0.305 e. The number of unbranched alkanes of at least 4 members (excludes halogenated alkanes) is 8. The van der Waals surface area contributed by atoms with E-state index in [1.165, 1.54) is 206 Å². The molecular formula is C89H152N20O22. The van der Waals surface area contributed by atoms with Gasteiger partial charge in [-0.2, -0.15) is 0 Å². The first-order valence-corrected chi connectivity index (χ1v) is 45.4. The third-order valence-electron chi connectivity index (χ3n) is 23.1. The van der Waals surface area contributed by atoms with Gasteiger partial charge in [0.2, 0.25) is 118 Å². The van der Waals surface area contributed by atoms with Crippen molar-refractivity contribution in [2.45, 2.75) is 399 Å². The minimum atomic E-state index is -1.71. The third kappa shape index (κ3) is 34.5. The molecule has 18 N–H and O–H groups in total. The van der Waals surface area contributed by atoms with Crippen LogP contribution >= 0.6 is 0 Å². The minimum Gasteiger partial charge on any atom is -0.481 e. The van der Waals surface area contributed by atoms with Gasteiger partial charge in [-0.25, -0.2) is 0 Å². The maximum Gasteiger partial charge on any atom is 0.305 e. The quantitative estimate of drug-likeness (QED) is 0.0352. The summed E-state index contributed by atoms with van der Waals surface area (Å²) in [5, 5.41) is 52.8. The molecule has 6 unspecified atom stereocenters. The summed E-state index contributed by atoms with van der Waals surface area (Å²) in [6.07, 6.45) is 10.9. The van der Waals surface area contributed by atoms with Gasteiger partial charge in [0.15, 0.2) is 0 Å². The SMILES string of the molecule is CCCCCCCCCCCC(=O)NC(C)(C)C(=O)N1CCCC1C(=O)NC(C)(C)C(=O)NC(C)(C)C(=O)N1CCCC1C(=O)NC(C)(C)C(=O)NC(C)(C)C(=O)N1CCCC1C(=O)NC(C)C(=O)NC(C)(C)C(=O)NCCC(=O)NC(C)C(=O)NC(C)(C)C(=O)NC(C)(C)C(=O)NCCC(=O)NC(C)(C)C(=O)NC(C)(C)C(=O)NC(C)(C)C(=O)NC(C)C(=O)NCCC(=O)O. The monoisotopic (exact) mass is 1850 g/mol. The second-order valence-corrected chi connectivity index (χ2v) is 40.4. The molecule has 3 saturated heterocycles. The summed E-state index contributed by atoms with van der Waals surface area (Å²) in [6, 6.07) is -6.76. The van der Waals surface area contributed by atoms with Gasteiger partial charge in [-0.05, 0) is 218 Å². The molecule has 0 aliphatic carbocycles. The number of carboxylic acid groups (broad SMARTS) is 1. The van der Waals surface area contributed by atoms with Crippen molar-refractivity contribution in [1.29, 1.82) is 0 Å². The molecule has 6 atom stereocenters. The van der Waals surface area contributed by atoms with Crippen LogP contribution in [0.4, 0.5) is 0 Å². The highest BCUT2D eigenvalue weighted by molar-refractivity contribution is 6.04. The van der Waals surface area contributed by atoms with E-state index in [2.05, 4.69) is 97.3 Å². The molecule has 0 aromatic carbocycles. The van der Waals surface area contributed by atoms with Crippen molar-refractivity contribution in [3.63, 3.8) is 0 Å². The minimum absolute atomic E-state index is 0.0902. The molecule has 3 rings (SSSR count). The summed E-state index contributed by atoms with van der Waals surface area (Å²) in [5.41, 5.74) is -17.9. The number of aliphatic carboxylic acids is 1. The number of carbonyl (C=O) groups excluding carboxylic acids is 20. The summed E-state index contributed by atoms with van der Waals surface area (Å²) in [5.74, 6) is -15.1. The Hall–Kier alpha value is -11.1. The number of nitrogens with zero attached hydrogens (tertiary/aromatic N) is 3. The average Bonchev–Trinajstić information content (AvgIpc) is 1.71. The fourth-order valence-corrected chi connectivity index (χ4v) is 14.4. The molecule has 0 aromatic rings. The first-order chi connectivity index (χ1) is 60.0. The summed E-state index contributed by atoms with van der Waals surface area (Å²) in [4.78, 5) is 287. The van der Waals surface area contributed by atoms with Crippen LogP contribution < -0.4 is 90.4 Å². The van der Waals surface area contributed by atoms with E-state index in [4.69, 9.17) is 5.11 Å². The first-order valence-electron chi connectivity index (χ1n) is 45.4. The molecule has 131 heavy (non-hydrogen) atoms. The number of rotatable bonds is 50. The summed E-state index contributed by atoms with van der Waals surface area (Å²) >= 11 is 0. The van der Waals surface area contributed by atoms with Crippen molar-refractivity contribution >= 4 is 124 Å². The van der Waals surface area contributed by atoms with E-state index in [0.717, 1.165) is 19.3 Å². The van der Waals surface area contributed by atoms with E-state index in [0.29, 0.717) is 32.1 Å². The number of hydrogen-bond donors (Lipinski definition) is 18. The van der Waals surface area contributed by atoms with Crippen LogP contribution in [0.1, 0.15) is 302 Å². The standard InChI is InChI=1S/C89H152N20O22/c1-27-28-29-30-31-32-33-34-35-42-59(111)97-87(21,22)76(129)108-50-37-40-56(108)66(119)100-85(17,18)74(127)106-89(25,26)78(131)109-51-38-41-57(109)67(120)101-84(15,16)73(126)105-88(23,24)77(130)107-49-36-39-55(107)65(118)94-54(4)64(117)98-79(5,6)68(121)91-46-43-58(110)93-53(3)63(116)99-83(13,14)72(125)102-80(7,8)69(122)92-47-44-60(112)96-82(11,12)71(124)104-86(19,20)75(128)103-81(9,10)70(123)95-52(2)62(115)90-48-45-61(113)114/h52-57H,27-51H2,1-26H3,(H,90,115)(H,91,121)(H,92,122)(H,93,110)(H,94,118)(H,95,123)(H,96,112)(H,97,111)(H,98,117)(H,99,116)(H,100,119)(H,101,120)(H,102,125)(H,103,128)(H,104,124)(H,105,126)(H,106,127)(H,113,114). The molecule has 3 aliphatic heterocycles. The van der Waals surface area contributed by atoms with E-state index in [9.17, 15) is 101 Å². The van der Waals surface area contributed by atoms with Crippen LogP contribution in [-0.2, 0) is 101 Å². The zero-order valence-electron chi connectivity index (χ0n) is 82.0. The molecule has 3 aliphatic rings. The Labute approximate surface area is 770 Å². The molecule has 0 saturated carbocycles. The van der Waals surface area contributed by atoms with Gasteiger partial charge in [-0.15, -0.1) is 0 Å². The third-order valence-corrected chi connectivity index (χ3v) is 23.1. The summed E-state index contributed by atoms with van der Waals surface area (Å²) < 4.78 is 0. The lowest BCUT2D eigenvalue weighted by Gasteiger charge is -2.38. The van der Waals surface area contributed by atoms with Crippen LogP contribution in [0.5, 0.6) is 0 Å². The van der Waals surface area contributed by atoms with Gasteiger partial charge >= 0.3 is 5.97 Å². The van der Waals surface area contributed by atoms with Crippen LogP contribution in [0.3, 0.4) is 0 Å². The van der Waals surface area contributed by atoms with E-state index in [-0.39, 0.29) is 83.7 Å². The zero-order valence-corrected chi connectivity index (χ0v) is 82.0. The lowest BCUT2D eigenvalue weighted by molar-refractivity contribution is -0.148. The van der Waals surface area contributed by atoms with Gasteiger partial charge < -0.3 is 110 Å². The maximum absolute atomic E-state index is 14.4. The molecule has 3 heterocycles. The van der Waals surface area contributed by atoms with Crippen LogP contribution in [0.2, 0.25) is 0 Å². The Bertz CT molecular complexity index is 4220. The summed E-state index contributed by atoms with van der Waals surface area (Å²) in [7, 11) is 0. The van der Waals surface area contributed by atoms with Crippen LogP contribution in [0, 0.1) is 0 Å². The predicted octanol–water partition coefficient (Wildman–Crippen LogP) is -0.159. The van der Waals surface area contributed by atoms with E-state index < -0.39 is 215 Å². The van der Waals surface area contributed by atoms with Gasteiger partial charge in [0, 0.05) is 58.5 Å². The second kappa shape index (κ2) is 47.3. The van der Waals surface area contributed by atoms with Crippen LogP contribution in [0.15, 0.2) is 0 Å². The Kier molecular flexibility index (Phi) is 41.2. The molecule has 42 nitrogen and oxygen atoms in total. The largest absolute Gasteiger partial charge is 0.481 e. The van der Waals surface area contributed by atoms with Gasteiger partial charge in [0.25, 0.3) is 0 Å². The highest BCUT2D eigenvalue weighted by atomic mass is 16.4. The molecule has 20 amide bonds. The lowest BCUT2D eigenvalue weighted by atomic mass is 9.96. The van der Waals surface area contributed by atoms with Gasteiger partial charge in [0.05, 0.1) is 6.42 Å². The molecular weight excluding hydrogens is 1700 g/mol. The van der Waals surface area contributed by atoms with Crippen LogP contribution in [-0.4, -0.2) is 280 Å². The lowest BCUT2D eigenvalue weighted by Crippen LogP contribution is -2.67. The zero-order chi connectivity index (χ0) is 101.